The maximum atomic E-state index is 12.9. The number of pyridine rings is 1. The molecule has 8 heteroatoms. The highest BCUT2D eigenvalue weighted by atomic mass is 35.5. The molecule has 4 rings (SSSR count). The Bertz CT molecular complexity index is 1210. The van der Waals surface area contributed by atoms with Gasteiger partial charge in [0.25, 0.3) is 5.91 Å². The largest absolute Gasteiger partial charge is 0.310 e. The van der Waals surface area contributed by atoms with Crippen molar-refractivity contribution in [3.05, 3.63) is 77.5 Å². The summed E-state index contributed by atoms with van der Waals surface area (Å²) in [5.41, 5.74) is 3.46. The standard InChI is InChI=1S/C20H13ClN6O/c1-26(15-5-2-13(8-22)3-6-15)20(28)17-12-27-18(10-25-19(27)11-24-17)16-7-4-14(21)9-23-16/h2-7,9-12H,1H3. The number of hydrogen-bond donors (Lipinski definition) is 0. The number of carbonyl (C=O) groups is 1. The Morgan fingerprint density at radius 2 is 1.86 bits per heavy atom. The smallest absolute Gasteiger partial charge is 0.278 e. The normalized spacial score (nSPS) is 10.6. The Morgan fingerprint density at radius 1 is 1.07 bits per heavy atom. The number of nitriles is 1. The summed E-state index contributed by atoms with van der Waals surface area (Å²) in [4.78, 5) is 27.2. The molecule has 0 aliphatic rings. The van der Waals surface area contributed by atoms with Crippen LogP contribution in [0.4, 0.5) is 5.69 Å². The number of nitrogens with zero attached hydrogens (tertiary/aromatic N) is 6. The van der Waals surface area contributed by atoms with Gasteiger partial charge < -0.3 is 4.90 Å². The van der Waals surface area contributed by atoms with E-state index in [0.717, 1.165) is 5.69 Å². The summed E-state index contributed by atoms with van der Waals surface area (Å²) >= 11 is 5.91. The fourth-order valence-corrected chi connectivity index (χ4v) is 2.88. The SMILES string of the molecule is CN(C(=O)c1cn2c(-c3ccc(Cl)cn3)cnc2cn1)c1ccc(C#N)cc1. The molecule has 0 radical (unpaired) electrons. The lowest BCUT2D eigenvalue weighted by Gasteiger charge is -2.17. The third-order valence-corrected chi connectivity index (χ3v) is 4.52. The second kappa shape index (κ2) is 7.10. The Hall–Kier alpha value is -3.76. The summed E-state index contributed by atoms with van der Waals surface area (Å²) in [7, 11) is 1.66. The molecular formula is C20H13ClN6O. The van der Waals surface area contributed by atoms with Crippen molar-refractivity contribution in [1.82, 2.24) is 19.4 Å². The quantitative estimate of drug-likeness (QED) is 0.535. The predicted molar refractivity (Wildman–Crippen MR) is 105 cm³/mol. The van der Waals surface area contributed by atoms with E-state index in [4.69, 9.17) is 16.9 Å². The number of aromatic nitrogens is 4. The van der Waals surface area contributed by atoms with Gasteiger partial charge in [0.05, 0.1) is 40.4 Å². The van der Waals surface area contributed by atoms with Crippen molar-refractivity contribution in [1.29, 1.82) is 5.26 Å². The molecule has 3 heterocycles. The van der Waals surface area contributed by atoms with Gasteiger partial charge in [-0.1, -0.05) is 11.6 Å². The summed E-state index contributed by atoms with van der Waals surface area (Å²) < 4.78 is 1.77. The Morgan fingerprint density at radius 3 is 2.54 bits per heavy atom. The molecule has 3 aromatic heterocycles. The van der Waals surface area contributed by atoms with Crippen LogP contribution in [0.25, 0.3) is 17.0 Å². The molecule has 136 valence electrons. The Balaban J connectivity index is 1.70. The lowest BCUT2D eigenvalue weighted by molar-refractivity contribution is 0.0988. The molecule has 0 N–H and O–H groups in total. The van der Waals surface area contributed by atoms with Crippen LogP contribution in [0.2, 0.25) is 5.02 Å². The van der Waals surface area contributed by atoms with Crippen LogP contribution in [0, 0.1) is 11.3 Å². The van der Waals surface area contributed by atoms with Gasteiger partial charge in [-0.05, 0) is 36.4 Å². The van der Waals surface area contributed by atoms with Crippen LogP contribution in [0.15, 0.2) is 61.2 Å². The lowest BCUT2D eigenvalue weighted by Crippen LogP contribution is -2.27. The van der Waals surface area contributed by atoms with Gasteiger partial charge in [-0.2, -0.15) is 5.26 Å². The van der Waals surface area contributed by atoms with E-state index in [2.05, 4.69) is 21.0 Å². The van der Waals surface area contributed by atoms with E-state index >= 15 is 0 Å². The number of fused-ring (bicyclic) bond motifs is 1. The van der Waals surface area contributed by atoms with Crippen LogP contribution in [-0.2, 0) is 0 Å². The third-order valence-electron chi connectivity index (χ3n) is 4.29. The van der Waals surface area contributed by atoms with Crippen molar-refractivity contribution in [2.75, 3.05) is 11.9 Å². The molecule has 7 nitrogen and oxygen atoms in total. The van der Waals surface area contributed by atoms with E-state index in [1.165, 1.54) is 4.90 Å². The van der Waals surface area contributed by atoms with Crippen LogP contribution in [0.5, 0.6) is 0 Å². The van der Waals surface area contributed by atoms with Gasteiger partial charge in [0, 0.05) is 25.1 Å². The summed E-state index contributed by atoms with van der Waals surface area (Å²) in [5, 5.41) is 9.45. The first-order chi connectivity index (χ1) is 13.6. The molecule has 0 saturated heterocycles. The van der Waals surface area contributed by atoms with Crippen molar-refractivity contribution in [2.45, 2.75) is 0 Å². The number of hydrogen-bond acceptors (Lipinski definition) is 5. The van der Waals surface area contributed by atoms with Crippen LogP contribution < -0.4 is 4.90 Å². The number of imidazole rings is 1. The van der Waals surface area contributed by atoms with Gasteiger partial charge in [-0.15, -0.1) is 0 Å². The van der Waals surface area contributed by atoms with Crippen molar-refractivity contribution in [2.24, 2.45) is 0 Å². The third kappa shape index (κ3) is 3.17. The minimum atomic E-state index is -0.282. The molecule has 0 aliphatic heterocycles. The molecule has 0 aliphatic carbocycles. The zero-order chi connectivity index (χ0) is 19.7. The summed E-state index contributed by atoms with van der Waals surface area (Å²) in [6.07, 6.45) is 6.41. The number of rotatable bonds is 3. The topological polar surface area (TPSA) is 87.2 Å². The molecule has 0 fully saturated rings. The predicted octanol–water partition coefficient (Wildman–Crippen LogP) is 3.59. The van der Waals surface area contributed by atoms with Crippen LogP contribution in [-0.4, -0.2) is 32.3 Å². The second-order valence-corrected chi connectivity index (χ2v) is 6.47. The van der Waals surface area contributed by atoms with Gasteiger partial charge >= 0.3 is 0 Å². The van der Waals surface area contributed by atoms with E-state index < -0.39 is 0 Å². The zero-order valence-electron chi connectivity index (χ0n) is 14.7. The van der Waals surface area contributed by atoms with Crippen molar-refractivity contribution >= 4 is 28.8 Å². The minimum absolute atomic E-state index is 0.257. The molecular weight excluding hydrogens is 376 g/mol. The number of halogens is 1. The number of anilines is 1. The highest BCUT2D eigenvalue weighted by Crippen LogP contribution is 2.21. The molecule has 0 bridgehead atoms. The van der Waals surface area contributed by atoms with Crippen LogP contribution in [0.3, 0.4) is 0 Å². The van der Waals surface area contributed by atoms with Crippen molar-refractivity contribution < 1.29 is 4.79 Å². The Labute approximate surface area is 165 Å². The molecule has 0 unspecified atom stereocenters. The van der Waals surface area contributed by atoms with Gasteiger partial charge in [-0.3, -0.25) is 14.2 Å². The number of carbonyl (C=O) groups excluding carboxylic acids is 1. The highest BCUT2D eigenvalue weighted by molar-refractivity contribution is 6.30. The molecule has 0 atom stereocenters. The highest BCUT2D eigenvalue weighted by Gasteiger charge is 2.17. The van der Waals surface area contributed by atoms with Gasteiger partial charge in [0.2, 0.25) is 0 Å². The fraction of sp³-hybridized carbons (Fsp3) is 0.0500. The molecule has 28 heavy (non-hydrogen) atoms. The lowest BCUT2D eigenvalue weighted by atomic mass is 10.2. The molecule has 0 spiro atoms. The molecule has 1 amide bonds. The maximum Gasteiger partial charge on any atom is 0.278 e. The molecule has 4 aromatic rings. The Kier molecular flexibility index (Phi) is 4.47. The van der Waals surface area contributed by atoms with Crippen LogP contribution in [0.1, 0.15) is 16.1 Å². The van der Waals surface area contributed by atoms with E-state index in [9.17, 15) is 4.79 Å². The average molecular weight is 389 g/mol. The fourth-order valence-electron chi connectivity index (χ4n) is 2.77. The molecule has 1 aromatic carbocycles. The number of amides is 1. The van der Waals surface area contributed by atoms with E-state index in [1.54, 1.807) is 72.6 Å². The monoisotopic (exact) mass is 388 g/mol. The number of benzene rings is 1. The minimum Gasteiger partial charge on any atom is -0.310 e. The average Bonchev–Trinajstić information content (AvgIpc) is 3.16. The van der Waals surface area contributed by atoms with E-state index in [0.29, 0.717) is 27.6 Å². The summed E-state index contributed by atoms with van der Waals surface area (Å²) in [6.45, 7) is 0. The summed E-state index contributed by atoms with van der Waals surface area (Å²) in [6, 6.07) is 12.3. The second-order valence-electron chi connectivity index (χ2n) is 6.03. The maximum absolute atomic E-state index is 12.9. The van der Waals surface area contributed by atoms with Crippen molar-refractivity contribution in [3.63, 3.8) is 0 Å². The van der Waals surface area contributed by atoms with Gasteiger partial charge in [0.1, 0.15) is 5.69 Å². The van der Waals surface area contributed by atoms with Gasteiger partial charge in [0.15, 0.2) is 5.65 Å². The first kappa shape index (κ1) is 17.6. The first-order valence-corrected chi connectivity index (χ1v) is 8.68. The van der Waals surface area contributed by atoms with Crippen molar-refractivity contribution in [3.8, 4) is 17.5 Å². The molecule has 0 saturated carbocycles. The zero-order valence-corrected chi connectivity index (χ0v) is 15.5. The van der Waals surface area contributed by atoms with Gasteiger partial charge in [-0.25, -0.2) is 9.97 Å². The summed E-state index contributed by atoms with van der Waals surface area (Å²) in [5.74, 6) is -0.282. The van der Waals surface area contributed by atoms with E-state index in [-0.39, 0.29) is 11.6 Å². The van der Waals surface area contributed by atoms with E-state index in [1.807, 2.05) is 0 Å². The first-order valence-electron chi connectivity index (χ1n) is 8.30. The van der Waals surface area contributed by atoms with Crippen LogP contribution >= 0.6 is 11.6 Å².